The Morgan fingerprint density at radius 2 is 1.61 bits per heavy atom. The Labute approximate surface area is 157 Å². The molecule has 4 nitrogen and oxygen atoms in total. The Kier molecular flexibility index (Phi) is 5.30. The van der Waals surface area contributed by atoms with E-state index < -0.39 is 22.9 Å². The van der Waals surface area contributed by atoms with Gasteiger partial charge in [-0.05, 0) is 47.4 Å². The number of nitro groups is 1. The van der Waals surface area contributed by atoms with Crippen LogP contribution in [0.2, 0.25) is 0 Å². The number of non-ortho nitro benzene ring substituents is 1. The number of rotatable bonds is 5. The molecule has 0 heterocycles. The van der Waals surface area contributed by atoms with E-state index in [-0.39, 0.29) is 16.8 Å². The Morgan fingerprint density at radius 3 is 2.25 bits per heavy atom. The molecule has 0 fully saturated rings. The van der Waals surface area contributed by atoms with Crippen LogP contribution >= 0.6 is 0 Å². The summed E-state index contributed by atoms with van der Waals surface area (Å²) in [5.74, 6) is -0.856. The molecule has 0 saturated heterocycles. The van der Waals surface area contributed by atoms with Crippen LogP contribution in [0.15, 0.2) is 66.7 Å². The molecule has 0 amide bonds. The number of nitro benzene ring substituents is 1. The third-order valence-corrected chi connectivity index (χ3v) is 3.96. The smallest absolute Gasteiger partial charge is 0.405 e. The molecule has 0 bridgehead atoms. The summed E-state index contributed by atoms with van der Waals surface area (Å²) in [4.78, 5) is 10.4. The third kappa shape index (κ3) is 4.85. The second-order valence-corrected chi connectivity index (χ2v) is 5.99. The van der Waals surface area contributed by atoms with E-state index in [1.54, 1.807) is 12.1 Å². The van der Waals surface area contributed by atoms with Crippen molar-refractivity contribution in [2.45, 2.75) is 12.8 Å². The third-order valence-electron chi connectivity index (χ3n) is 3.96. The van der Waals surface area contributed by atoms with E-state index in [0.717, 1.165) is 5.56 Å². The van der Waals surface area contributed by atoms with Crippen LogP contribution in [-0.2, 0) is 6.42 Å². The van der Waals surface area contributed by atoms with Gasteiger partial charge in [0.05, 0.1) is 4.92 Å². The summed E-state index contributed by atoms with van der Waals surface area (Å²) in [5.41, 5.74) is 1.44. The molecule has 0 aliphatic carbocycles. The molecule has 0 aliphatic rings. The van der Waals surface area contributed by atoms with Crippen molar-refractivity contribution in [2.24, 2.45) is 0 Å². The minimum absolute atomic E-state index is 0.0700. The highest BCUT2D eigenvalue weighted by Crippen LogP contribution is 2.36. The number of halogens is 4. The Morgan fingerprint density at radius 1 is 0.929 bits per heavy atom. The van der Waals surface area contributed by atoms with E-state index in [4.69, 9.17) is 0 Å². The first-order valence-corrected chi connectivity index (χ1v) is 8.09. The van der Waals surface area contributed by atoms with Crippen LogP contribution in [0.5, 0.6) is 5.75 Å². The van der Waals surface area contributed by atoms with Gasteiger partial charge in [-0.2, -0.15) is 0 Å². The van der Waals surface area contributed by atoms with Crippen LogP contribution in [0.4, 0.5) is 23.2 Å². The van der Waals surface area contributed by atoms with Gasteiger partial charge in [-0.3, -0.25) is 10.1 Å². The summed E-state index contributed by atoms with van der Waals surface area (Å²) < 4.78 is 55.4. The van der Waals surface area contributed by atoms with Crippen molar-refractivity contribution in [3.8, 4) is 16.9 Å². The zero-order valence-electron chi connectivity index (χ0n) is 14.2. The normalized spacial score (nSPS) is 11.3. The largest absolute Gasteiger partial charge is 0.573 e. The maximum absolute atomic E-state index is 13.0. The van der Waals surface area contributed by atoms with E-state index in [2.05, 4.69) is 4.74 Å². The predicted molar refractivity (Wildman–Crippen MR) is 94.4 cm³/mol. The van der Waals surface area contributed by atoms with Crippen LogP contribution in [0.25, 0.3) is 11.1 Å². The van der Waals surface area contributed by atoms with Gasteiger partial charge < -0.3 is 4.74 Å². The second-order valence-electron chi connectivity index (χ2n) is 5.99. The highest BCUT2D eigenvalue weighted by molar-refractivity contribution is 5.73. The molecule has 144 valence electrons. The number of alkyl halides is 3. The number of benzene rings is 3. The van der Waals surface area contributed by atoms with Crippen LogP contribution in [-0.4, -0.2) is 11.3 Å². The maximum Gasteiger partial charge on any atom is 0.573 e. The van der Waals surface area contributed by atoms with Gasteiger partial charge in [0.15, 0.2) is 0 Å². The molecule has 0 aromatic heterocycles. The molecule has 0 spiro atoms. The number of nitrogens with zero attached hydrogens (tertiary/aromatic N) is 1. The lowest BCUT2D eigenvalue weighted by atomic mass is 9.98. The van der Waals surface area contributed by atoms with E-state index >= 15 is 0 Å². The van der Waals surface area contributed by atoms with Gasteiger partial charge in [0.2, 0.25) is 0 Å². The molecule has 0 atom stereocenters. The van der Waals surface area contributed by atoms with Crippen LogP contribution < -0.4 is 4.74 Å². The van der Waals surface area contributed by atoms with Crippen molar-refractivity contribution >= 4 is 5.69 Å². The fourth-order valence-corrected chi connectivity index (χ4v) is 2.75. The van der Waals surface area contributed by atoms with Crippen LogP contribution in [0.3, 0.4) is 0 Å². The first-order chi connectivity index (χ1) is 13.2. The second kappa shape index (κ2) is 7.67. The zero-order valence-corrected chi connectivity index (χ0v) is 14.2. The highest BCUT2D eigenvalue weighted by Gasteiger charge is 2.32. The SMILES string of the molecule is O=[N+]([O-])c1cccc(-c2cc(Cc3ccc(F)cc3)ccc2OC(F)(F)F)c1. The molecule has 0 aliphatic heterocycles. The lowest BCUT2D eigenvalue weighted by molar-refractivity contribution is -0.384. The van der Waals surface area contributed by atoms with Gasteiger partial charge in [0.25, 0.3) is 5.69 Å². The van der Waals surface area contributed by atoms with E-state index in [1.807, 2.05) is 0 Å². The quantitative estimate of drug-likeness (QED) is 0.310. The van der Waals surface area contributed by atoms with Crippen LogP contribution in [0, 0.1) is 15.9 Å². The summed E-state index contributed by atoms with van der Waals surface area (Å²) in [6.45, 7) is 0. The highest BCUT2D eigenvalue weighted by atomic mass is 19.4. The predicted octanol–water partition coefficient (Wildman–Crippen LogP) is 5.89. The van der Waals surface area contributed by atoms with Gasteiger partial charge in [-0.25, -0.2) is 4.39 Å². The topological polar surface area (TPSA) is 52.4 Å². The molecule has 3 rings (SSSR count). The minimum atomic E-state index is -4.91. The van der Waals surface area contributed by atoms with E-state index in [0.29, 0.717) is 12.0 Å². The molecule has 3 aromatic rings. The fraction of sp³-hybridized carbons (Fsp3) is 0.100. The summed E-state index contributed by atoms with van der Waals surface area (Å²) >= 11 is 0. The van der Waals surface area contributed by atoms with Crippen molar-refractivity contribution in [3.05, 3.63) is 93.8 Å². The van der Waals surface area contributed by atoms with E-state index in [1.165, 1.54) is 54.6 Å². The van der Waals surface area contributed by atoms with Gasteiger partial charge >= 0.3 is 6.36 Å². The van der Waals surface area contributed by atoms with Gasteiger partial charge in [-0.1, -0.05) is 30.3 Å². The van der Waals surface area contributed by atoms with E-state index in [9.17, 15) is 27.7 Å². The van der Waals surface area contributed by atoms with Crippen molar-refractivity contribution in [1.82, 2.24) is 0 Å². The lowest BCUT2D eigenvalue weighted by Gasteiger charge is -2.15. The average molecular weight is 391 g/mol. The molecule has 0 saturated carbocycles. The maximum atomic E-state index is 13.0. The zero-order chi connectivity index (χ0) is 20.3. The molecular formula is C20H13F4NO3. The monoisotopic (exact) mass is 391 g/mol. The van der Waals surface area contributed by atoms with Crippen LogP contribution in [0.1, 0.15) is 11.1 Å². The summed E-state index contributed by atoms with van der Waals surface area (Å²) in [6, 6.07) is 15.1. The summed E-state index contributed by atoms with van der Waals surface area (Å²) in [7, 11) is 0. The molecule has 8 heteroatoms. The number of ether oxygens (including phenoxy) is 1. The van der Waals surface area contributed by atoms with Crippen molar-refractivity contribution in [1.29, 1.82) is 0 Å². The van der Waals surface area contributed by atoms with Gasteiger partial charge in [-0.15, -0.1) is 13.2 Å². The summed E-state index contributed by atoms with van der Waals surface area (Å²) in [6.07, 6.45) is -4.57. The Balaban J connectivity index is 2.04. The Bertz CT molecular complexity index is 1000. The number of hydrogen-bond donors (Lipinski definition) is 0. The molecule has 0 unspecified atom stereocenters. The first kappa shape index (κ1) is 19.3. The molecule has 0 radical (unpaired) electrons. The lowest BCUT2D eigenvalue weighted by Crippen LogP contribution is -2.17. The molecule has 28 heavy (non-hydrogen) atoms. The minimum Gasteiger partial charge on any atom is -0.405 e. The standard InChI is InChI=1S/C20H13F4NO3/c21-16-7-4-13(5-8-16)10-14-6-9-19(28-20(22,23)24)18(11-14)15-2-1-3-17(12-15)25(26)27/h1-9,11-12H,10H2. The summed E-state index contributed by atoms with van der Waals surface area (Å²) in [5, 5.41) is 11.0. The molecule has 3 aromatic carbocycles. The van der Waals surface area contributed by atoms with Gasteiger partial charge in [0.1, 0.15) is 11.6 Å². The number of hydrogen-bond acceptors (Lipinski definition) is 3. The average Bonchev–Trinajstić information content (AvgIpc) is 2.64. The van der Waals surface area contributed by atoms with Crippen molar-refractivity contribution < 1.29 is 27.2 Å². The first-order valence-electron chi connectivity index (χ1n) is 8.09. The fourth-order valence-electron chi connectivity index (χ4n) is 2.75. The van der Waals surface area contributed by atoms with Crippen molar-refractivity contribution in [2.75, 3.05) is 0 Å². The van der Waals surface area contributed by atoms with Gasteiger partial charge in [0, 0.05) is 17.7 Å². The van der Waals surface area contributed by atoms with Crippen molar-refractivity contribution in [3.63, 3.8) is 0 Å². The Hall–Kier alpha value is -3.42. The molecular weight excluding hydrogens is 378 g/mol. The molecule has 0 N–H and O–H groups in total.